The summed E-state index contributed by atoms with van der Waals surface area (Å²) in [6, 6.07) is 13.0. The van der Waals surface area contributed by atoms with Gasteiger partial charge in [0.15, 0.2) is 5.13 Å². The number of sulfonamides is 1. The van der Waals surface area contributed by atoms with Crippen LogP contribution in [-0.4, -0.2) is 51.5 Å². The van der Waals surface area contributed by atoms with Crippen LogP contribution in [0, 0.1) is 6.92 Å². The van der Waals surface area contributed by atoms with Crippen molar-refractivity contribution in [1.82, 2.24) is 10.3 Å². The molecule has 0 aliphatic carbocycles. The zero-order valence-corrected chi connectivity index (χ0v) is 21.7. The molecular formula is C26H29N5O3S2. The number of fused-ring (bicyclic) bond motifs is 2. The number of nitrogens with one attached hydrogen (secondary N) is 2. The van der Waals surface area contributed by atoms with E-state index in [0.29, 0.717) is 11.7 Å². The number of piperidine rings is 1. The van der Waals surface area contributed by atoms with E-state index in [0.717, 1.165) is 44.6 Å². The minimum absolute atomic E-state index is 0.0732. The van der Waals surface area contributed by atoms with Crippen molar-refractivity contribution in [3.63, 3.8) is 0 Å². The Morgan fingerprint density at radius 3 is 2.64 bits per heavy atom. The molecule has 1 spiro atoms. The fourth-order valence-electron chi connectivity index (χ4n) is 5.90. The van der Waals surface area contributed by atoms with E-state index in [1.807, 2.05) is 0 Å². The van der Waals surface area contributed by atoms with E-state index in [1.54, 1.807) is 40.7 Å². The van der Waals surface area contributed by atoms with Crippen LogP contribution < -0.4 is 19.8 Å². The third-order valence-corrected chi connectivity index (χ3v) is 9.91. The van der Waals surface area contributed by atoms with Crippen LogP contribution in [0.3, 0.4) is 0 Å². The maximum absolute atomic E-state index is 13.7. The lowest BCUT2D eigenvalue weighted by atomic mass is 9.74. The highest BCUT2D eigenvalue weighted by atomic mass is 32.2. The topological polar surface area (TPSA) is 94.6 Å². The van der Waals surface area contributed by atoms with Gasteiger partial charge in [0.2, 0.25) is 5.91 Å². The molecule has 3 aliphatic heterocycles. The number of amides is 1. The minimum Gasteiger partial charge on any atom is -0.358 e. The number of carbonyl (C=O) groups is 1. The molecule has 8 nitrogen and oxygen atoms in total. The van der Waals surface area contributed by atoms with Gasteiger partial charge in [0.05, 0.1) is 4.90 Å². The fourth-order valence-corrected chi connectivity index (χ4v) is 7.68. The first-order valence-electron chi connectivity index (χ1n) is 12.3. The van der Waals surface area contributed by atoms with Gasteiger partial charge < -0.3 is 15.1 Å². The zero-order valence-electron chi connectivity index (χ0n) is 20.1. The van der Waals surface area contributed by atoms with E-state index >= 15 is 0 Å². The van der Waals surface area contributed by atoms with E-state index in [2.05, 4.69) is 45.0 Å². The Morgan fingerprint density at radius 1 is 1.14 bits per heavy atom. The molecule has 0 radical (unpaired) electrons. The quantitative estimate of drug-likeness (QED) is 0.532. The fraction of sp³-hybridized carbons (Fsp3) is 0.385. The molecule has 2 aromatic carbocycles. The molecule has 1 amide bonds. The summed E-state index contributed by atoms with van der Waals surface area (Å²) in [5, 5.41) is 5.52. The van der Waals surface area contributed by atoms with Crippen LogP contribution in [0.25, 0.3) is 0 Å². The molecule has 2 saturated heterocycles. The van der Waals surface area contributed by atoms with Crippen LogP contribution in [-0.2, 0) is 20.2 Å². The molecule has 188 valence electrons. The van der Waals surface area contributed by atoms with Crippen LogP contribution in [0.15, 0.2) is 58.9 Å². The van der Waals surface area contributed by atoms with Crippen molar-refractivity contribution in [3.8, 4) is 0 Å². The first-order chi connectivity index (χ1) is 17.4. The van der Waals surface area contributed by atoms with Gasteiger partial charge >= 0.3 is 0 Å². The summed E-state index contributed by atoms with van der Waals surface area (Å²) in [5.41, 5.74) is 4.65. The number of hydrogen-bond donors (Lipinski definition) is 2. The number of thiazole rings is 1. The van der Waals surface area contributed by atoms with Gasteiger partial charge in [-0.1, -0.05) is 17.7 Å². The number of aromatic nitrogens is 1. The Morgan fingerprint density at radius 2 is 1.92 bits per heavy atom. The van der Waals surface area contributed by atoms with Crippen LogP contribution in [0.1, 0.15) is 30.4 Å². The number of anilines is 3. The van der Waals surface area contributed by atoms with Crippen LogP contribution in [0.4, 0.5) is 16.5 Å². The normalized spacial score (nSPS) is 21.2. The molecule has 2 fully saturated rings. The second-order valence-corrected chi connectivity index (χ2v) is 12.5. The number of hydrogen-bond acceptors (Lipinski definition) is 7. The lowest BCUT2D eigenvalue weighted by molar-refractivity contribution is -0.118. The van der Waals surface area contributed by atoms with Gasteiger partial charge in [0.25, 0.3) is 10.0 Å². The lowest BCUT2D eigenvalue weighted by Gasteiger charge is -2.36. The smallest absolute Gasteiger partial charge is 0.263 e. The van der Waals surface area contributed by atoms with E-state index in [1.165, 1.54) is 28.2 Å². The Bertz CT molecular complexity index is 1380. The molecule has 36 heavy (non-hydrogen) atoms. The molecule has 10 heteroatoms. The van der Waals surface area contributed by atoms with Gasteiger partial charge in [0.1, 0.15) is 6.04 Å². The van der Waals surface area contributed by atoms with E-state index in [4.69, 9.17) is 0 Å². The van der Waals surface area contributed by atoms with Crippen molar-refractivity contribution < 1.29 is 13.2 Å². The van der Waals surface area contributed by atoms with Gasteiger partial charge in [-0.25, -0.2) is 13.4 Å². The van der Waals surface area contributed by atoms with Crippen molar-refractivity contribution >= 4 is 43.8 Å². The van der Waals surface area contributed by atoms with E-state index < -0.39 is 10.0 Å². The van der Waals surface area contributed by atoms with Crippen molar-refractivity contribution in [2.45, 2.75) is 42.5 Å². The average molecular weight is 524 g/mol. The second-order valence-electron chi connectivity index (χ2n) is 9.91. The highest BCUT2D eigenvalue weighted by molar-refractivity contribution is 7.93. The van der Waals surface area contributed by atoms with Gasteiger partial charge in [-0.2, -0.15) is 0 Å². The summed E-state index contributed by atoms with van der Waals surface area (Å²) in [6.45, 7) is 5.62. The highest BCUT2D eigenvalue weighted by Crippen LogP contribution is 2.48. The number of rotatable bonds is 5. The van der Waals surface area contributed by atoms with Crippen LogP contribution in [0.2, 0.25) is 0 Å². The first-order valence-corrected chi connectivity index (χ1v) is 14.6. The molecule has 3 aromatic rings. The molecule has 6 rings (SSSR count). The maximum atomic E-state index is 13.7. The highest BCUT2D eigenvalue weighted by Gasteiger charge is 2.48. The molecule has 4 heterocycles. The monoisotopic (exact) mass is 523 g/mol. The second kappa shape index (κ2) is 8.86. The molecule has 2 N–H and O–H groups in total. The molecule has 1 aromatic heterocycles. The average Bonchev–Trinajstić information content (AvgIpc) is 3.59. The van der Waals surface area contributed by atoms with Crippen molar-refractivity contribution in [3.05, 3.63) is 65.2 Å². The first kappa shape index (κ1) is 23.4. The maximum Gasteiger partial charge on any atom is 0.263 e. The van der Waals surface area contributed by atoms with Crippen LogP contribution >= 0.6 is 11.3 Å². The standard InChI is InChI=1S/C26H29N5O3S2/c1-18-2-7-22-21(16-18)26(9-11-27-12-10-26)17-31(22)23-8-14-30(24(23)32)19-3-5-20(6-4-19)36(33,34)29-25-28-13-15-35-25/h2-7,13,15-16,23,27H,8-12,14,17H2,1H3,(H,28,29)/t23-/m0/s1. The summed E-state index contributed by atoms with van der Waals surface area (Å²) in [5.74, 6) is 0.0732. The number of nitrogens with zero attached hydrogens (tertiary/aromatic N) is 3. The third-order valence-electron chi connectivity index (χ3n) is 7.73. The van der Waals surface area contributed by atoms with Crippen LogP contribution in [0.5, 0.6) is 0 Å². The summed E-state index contributed by atoms with van der Waals surface area (Å²) >= 11 is 1.22. The van der Waals surface area contributed by atoms with Gasteiger partial charge in [0, 0.05) is 41.5 Å². The van der Waals surface area contributed by atoms with Crippen molar-refractivity contribution in [2.75, 3.05) is 40.7 Å². The zero-order chi connectivity index (χ0) is 24.9. The summed E-state index contributed by atoms with van der Waals surface area (Å²) in [7, 11) is -3.73. The summed E-state index contributed by atoms with van der Waals surface area (Å²) in [6.07, 6.45) is 4.45. The number of carbonyl (C=O) groups excluding carboxylic acids is 1. The predicted molar refractivity (Wildman–Crippen MR) is 142 cm³/mol. The van der Waals surface area contributed by atoms with Crippen molar-refractivity contribution in [1.29, 1.82) is 0 Å². The lowest BCUT2D eigenvalue weighted by Crippen LogP contribution is -2.47. The van der Waals surface area contributed by atoms with Gasteiger partial charge in [-0.3, -0.25) is 9.52 Å². The Hall–Kier alpha value is -2.95. The minimum atomic E-state index is -3.73. The van der Waals surface area contributed by atoms with Gasteiger partial charge in [-0.15, -0.1) is 11.3 Å². The molecular weight excluding hydrogens is 494 g/mol. The molecule has 3 aliphatic rings. The predicted octanol–water partition coefficient (Wildman–Crippen LogP) is 3.50. The molecule has 0 saturated carbocycles. The molecule has 0 bridgehead atoms. The number of aryl methyl sites for hydroxylation is 1. The third kappa shape index (κ3) is 3.97. The Kier molecular flexibility index (Phi) is 5.77. The van der Waals surface area contributed by atoms with Crippen molar-refractivity contribution in [2.24, 2.45) is 0 Å². The SMILES string of the molecule is Cc1ccc2c(c1)C1(CCNCC1)CN2[C@H]1CCN(c2ccc(S(=O)(=O)Nc3nccs3)cc2)C1=O. The Balaban J connectivity index is 1.23. The Labute approximate surface area is 215 Å². The number of benzene rings is 2. The molecule has 1 atom stereocenters. The summed E-state index contributed by atoms with van der Waals surface area (Å²) in [4.78, 5) is 21.9. The van der Waals surface area contributed by atoms with E-state index in [9.17, 15) is 13.2 Å². The van der Waals surface area contributed by atoms with Gasteiger partial charge in [-0.05, 0) is 75.2 Å². The summed E-state index contributed by atoms with van der Waals surface area (Å²) < 4.78 is 27.8. The molecule has 0 unspecified atom stereocenters. The van der Waals surface area contributed by atoms with E-state index in [-0.39, 0.29) is 22.3 Å². The largest absolute Gasteiger partial charge is 0.358 e.